The number of urea groups is 1. The number of amides is 2. The number of hydrogen-bond acceptors (Lipinski definition) is 2. The molecular formula is C13H17Cl2N3O. The minimum atomic E-state index is -0.641. The summed E-state index contributed by atoms with van der Waals surface area (Å²) >= 11 is 6.02. The second kappa shape index (κ2) is 8.56. The van der Waals surface area contributed by atoms with Gasteiger partial charge in [0.25, 0.3) is 0 Å². The molecule has 3 N–H and O–H groups in total. The predicted octanol–water partition coefficient (Wildman–Crippen LogP) is 3.25. The van der Waals surface area contributed by atoms with Crippen LogP contribution < -0.4 is 11.1 Å². The number of nitrogens with one attached hydrogen (secondary N) is 1. The molecule has 0 saturated heterocycles. The van der Waals surface area contributed by atoms with E-state index in [2.05, 4.69) is 10.3 Å². The van der Waals surface area contributed by atoms with Crippen LogP contribution in [0.2, 0.25) is 5.02 Å². The number of benzene rings is 1. The Morgan fingerprint density at radius 2 is 2.05 bits per heavy atom. The molecule has 1 aromatic rings. The van der Waals surface area contributed by atoms with Crippen LogP contribution in [0, 0.1) is 0 Å². The Kier molecular flexibility index (Phi) is 7.87. The zero-order chi connectivity index (χ0) is 13.5. The van der Waals surface area contributed by atoms with Gasteiger partial charge in [0.05, 0.1) is 0 Å². The second-order valence-electron chi connectivity index (χ2n) is 3.95. The summed E-state index contributed by atoms with van der Waals surface area (Å²) < 4.78 is 0. The Bertz CT molecular complexity index is 485. The number of halogens is 2. The molecule has 104 valence electrons. The van der Waals surface area contributed by atoms with Crippen LogP contribution in [0.4, 0.5) is 4.79 Å². The molecule has 0 saturated carbocycles. The summed E-state index contributed by atoms with van der Waals surface area (Å²) in [4.78, 5) is 15.1. The highest BCUT2D eigenvalue weighted by Crippen LogP contribution is 2.16. The smallest absolute Gasteiger partial charge is 0.317 e. The van der Waals surface area contributed by atoms with Gasteiger partial charge in [-0.2, -0.15) is 0 Å². The van der Waals surface area contributed by atoms with Crippen LogP contribution in [0.1, 0.15) is 19.4 Å². The van der Waals surface area contributed by atoms with Gasteiger partial charge in [0.2, 0.25) is 0 Å². The molecule has 0 radical (unpaired) electrons. The highest BCUT2D eigenvalue weighted by Gasteiger charge is 2.00. The van der Waals surface area contributed by atoms with E-state index in [0.717, 1.165) is 5.56 Å². The van der Waals surface area contributed by atoms with Gasteiger partial charge in [0.15, 0.2) is 0 Å². The van der Waals surface area contributed by atoms with E-state index in [0.29, 0.717) is 10.9 Å². The van der Waals surface area contributed by atoms with Gasteiger partial charge in [-0.15, -0.1) is 12.4 Å². The zero-order valence-electron chi connectivity index (χ0n) is 10.8. The number of rotatable bonds is 3. The largest absolute Gasteiger partial charge is 0.351 e. The SMILES string of the molecule is CC(C)N=C(/C=C/c1ccccc1Cl)NC(N)=O.Cl. The van der Waals surface area contributed by atoms with Gasteiger partial charge in [0, 0.05) is 11.1 Å². The van der Waals surface area contributed by atoms with Crippen molar-refractivity contribution < 1.29 is 4.79 Å². The molecule has 0 aliphatic rings. The fraction of sp³-hybridized carbons (Fsp3) is 0.231. The van der Waals surface area contributed by atoms with Gasteiger partial charge in [-0.1, -0.05) is 29.8 Å². The highest BCUT2D eigenvalue weighted by molar-refractivity contribution is 6.32. The lowest BCUT2D eigenvalue weighted by atomic mass is 10.2. The number of nitrogens with two attached hydrogens (primary N) is 1. The van der Waals surface area contributed by atoms with E-state index in [9.17, 15) is 4.79 Å². The Balaban J connectivity index is 0.00000324. The van der Waals surface area contributed by atoms with E-state index < -0.39 is 6.03 Å². The van der Waals surface area contributed by atoms with Gasteiger partial charge in [-0.25, -0.2) is 4.79 Å². The molecule has 0 aliphatic carbocycles. The molecule has 0 spiro atoms. The van der Waals surface area contributed by atoms with Crippen molar-refractivity contribution in [2.24, 2.45) is 10.7 Å². The fourth-order valence-corrected chi connectivity index (χ4v) is 1.50. The third-order valence-electron chi connectivity index (χ3n) is 1.97. The lowest BCUT2D eigenvalue weighted by Gasteiger charge is -2.04. The normalized spacial score (nSPS) is 11.5. The molecule has 1 aromatic carbocycles. The number of primary amides is 1. The zero-order valence-corrected chi connectivity index (χ0v) is 12.3. The Hall–Kier alpha value is -1.52. The van der Waals surface area contributed by atoms with Gasteiger partial charge in [-0.05, 0) is 37.6 Å². The number of carbonyl (C=O) groups excluding carboxylic acids is 1. The molecule has 2 amide bonds. The van der Waals surface area contributed by atoms with Crippen LogP contribution in [0.5, 0.6) is 0 Å². The number of amidine groups is 1. The van der Waals surface area contributed by atoms with E-state index in [4.69, 9.17) is 17.3 Å². The predicted molar refractivity (Wildman–Crippen MR) is 83.0 cm³/mol. The molecule has 0 heterocycles. The molecule has 4 nitrogen and oxygen atoms in total. The van der Waals surface area contributed by atoms with Crippen LogP contribution in [0.15, 0.2) is 35.3 Å². The summed E-state index contributed by atoms with van der Waals surface area (Å²) in [7, 11) is 0. The second-order valence-corrected chi connectivity index (χ2v) is 4.36. The van der Waals surface area contributed by atoms with Crippen molar-refractivity contribution in [1.29, 1.82) is 0 Å². The van der Waals surface area contributed by atoms with E-state index in [-0.39, 0.29) is 18.4 Å². The summed E-state index contributed by atoms with van der Waals surface area (Å²) in [5, 5.41) is 3.10. The van der Waals surface area contributed by atoms with Gasteiger partial charge in [0.1, 0.15) is 5.84 Å². The summed E-state index contributed by atoms with van der Waals surface area (Å²) in [6, 6.07) is 6.82. The maximum absolute atomic E-state index is 10.8. The molecule has 0 fully saturated rings. The van der Waals surface area contributed by atoms with E-state index in [1.54, 1.807) is 18.2 Å². The summed E-state index contributed by atoms with van der Waals surface area (Å²) in [5.41, 5.74) is 5.93. The van der Waals surface area contributed by atoms with Gasteiger partial charge < -0.3 is 5.73 Å². The van der Waals surface area contributed by atoms with Crippen molar-refractivity contribution in [3.8, 4) is 0 Å². The van der Waals surface area contributed by atoms with Crippen LogP contribution in [0.3, 0.4) is 0 Å². The van der Waals surface area contributed by atoms with Crippen molar-refractivity contribution in [2.75, 3.05) is 0 Å². The van der Waals surface area contributed by atoms with Crippen molar-refractivity contribution in [1.82, 2.24) is 5.32 Å². The van der Waals surface area contributed by atoms with Crippen LogP contribution >= 0.6 is 24.0 Å². The maximum Gasteiger partial charge on any atom is 0.317 e. The number of carbonyl (C=O) groups is 1. The van der Waals surface area contributed by atoms with Crippen molar-refractivity contribution in [3.63, 3.8) is 0 Å². The average molecular weight is 302 g/mol. The van der Waals surface area contributed by atoms with Crippen molar-refractivity contribution in [3.05, 3.63) is 40.9 Å². The number of nitrogens with zero attached hydrogens (tertiary/aromatic N) is 1. The third kappa shape index (κ3) is 6.84. The molecule has 6 heteroatoms. The van der Waals surface area contributed by atoms with Gasteiger partial charge >= 0.3 is 6.03 Å². The number of aliphatic imine (C=N–C) groups is 1. The standard InChI is InChI=1S/C13H16ClN3O.ClH/c1-9(2)16-12(17-13(15)18)8-7-10-5-3-4-6-11(10)14;/h3-9H,1-2H3,(H3,15,16,17,18);1H/b8-7+;. The first-order chi connectivity index (χ1) is 8.49. The topological polar surface area (TPSA) is 67.5 Å². The molecular weight excluding hydrogens is 285 g/mol. The molecule has 1 rings (SSSR count). The fourth-order valence-electron chi connectivity index (χ4n) is 1.30. The monoisotopic (exact) mass is 301 g/mol. The summed E-state index contributed by atoms with van der Waals surface area (Å²) in [5.74, 6) is 0.414. The van der Waals surface area contributed by atoms with Crippen LogP contribution in [-0.2, 0) is 0 Å². The maximum atomic E-state index is 10.8. The lowest BCUT2D eigenvalue weighted by molar-refractivity contribution is 0.253. The van der Waals surface area contributed by atoms with Crippen LogP contribution in [0.25, 0.3) is 6.08 Å². The number of hydrogen-bond donors (Lipinski definition) is 2. The quantitative estimate of drug-likeness (QED) is 0.653. The molecule has 0 aliphatic heterocycles. The van der Waals surface area contributed by atoms with Gasteiger partial charge in [-0.3, -0.25) is 10.3 Å². The first-order valence-electron chi connectivity index (χ1n) is 5.56. The third-order valence-corrected chi connectivity index (χ3v) is 2.32. The molecule has 19 heavy (non-hydrogen) atoms. The summed E-state index contributed by atoms with van der Waals surface area (Å²) in [6.07, 6.45) is 3.45. The average Bonchev–Trinajstić information content (AvgIpc) is 2.26. The van der Waals surface area contributed by atoms with E-state index in [1.807, 2.05) is 32.0 Å². The molecule has 0 aromatic heterocycles. The van der Waals surface area contributed by atoms with E-state index in [1.165, 1.54) is 0 Å². The Morgan fingerprint density at radius 1 is 1.42 bits per heavy atom. The minimum absolute atomic E-state index is 0. The molecule has 0 unspecified atom stereocenters. The lowest BCUT2D eigenvalue weighted by Crippen LogP contribution is -2.34. The van der Waals surface area contributed by atoms with Crippen molar-refractivity contribution >= 4 is 42.0 Å². The van der Waals surface area contributed by atoms with Crippen LogP contribution in [-0.4, -0.2) is 17.9 Å². The minimum Gasteiger partial charge on any atom is -0.351 e. The summed E-state index contributed by atoms with van der Waals surface area (Å²) in [6.45, 7) is 3.82. The Labute approximate surface area is 124 Å². The highest BCUT2D eigenvalue weighted by atomic mass is 35.5. The van der Waals surface area contributed by atoms with Crippen molar-refractivity contribution in [2.45, 2.75) is 19.9 Å². The first-order valence-corrected chi connectivity index (χ1v) is 5.93. The molecule has 0 bridgehead atoms. The Morgan fingerprint density at radius 3 is 2.58 bits per heavy atom. The molecule has 0 atom stereocenters. The van der Waals surface area contributed by atoms with E-state index >= 15 is 0 Å². The first kappa shape index (κ1) is 17.5.